The summed E-state index contributed by atoms with van der Waals surface area (Å²) < 4.78 is 0. The Morgan fingerprint density at radius 3 is 2.31 bits per heavy atom. The van der Waals surface area contributed by atoms with Gasteiger partial charge >= 0.3 is 0 Å². The van der Waals surface area contributed by atoms with Crippen LogP contribution in [-0.2, 0) is 9.59 Å². The minimum Gasteiger partial charge on any atom is -0.338 e. The summed E-state index contributed by atoms with van der Waals surface area (Å²) in [4.78, 5) is 39.3. The first-order valence-electron chi connectivity index (χ1n) is 8.86. The van der Waals surface area contributed by atoms with E-state index in [0.717, 1.165) is 37.7 Å². The standard InChI is InChI=1S/C19H21N5O2/c25-17-13-16(15-5-2-1-3-6-15)18(26)24(17)14-22-9-11-23(12-10-22)19-20-7-4-8-21-19/h1-8,16H,9-14H2/t16-/m0/s1. The Labute approximate surface area is 152 Å². The maximum atomic E-state index is 12.7. The zero-order valence-electron chi connectivity index (χ0n) is 14.5. The van der Waals surface area contributed by atoms with Crippen LogP contribution in [0, 0.1) is 0 Å². The van der Waals surface area contributed by atoms with Gasteiger partial charge in [-0.15, -0.1) is 0 Å². The van der Waals surface area contributed by atoms with Crippen LogP contribution in [0.5, 0.6) is 0 Å². The average Bonchev–Trinajstić information content (AvgIpc) is 2.98. The lowest BCUT2D eigenvalue weighted by Gasteiger charge is -2.36. The maximum Gasteiger partial charge on any atom is 0.238 e. The summed E-state index contributed by atoms with van der Waals surface area (Å²) in [7, 11) is 0. The molecule has 1 aromatic carbocycles. The summed E-state index contributed by atoms with van der Waals surface area (Å²) >= 11 is 0. The number of hydrogen-bond donors (Lipinski definition) is 0. The Bertz CT molecular complexity index is 775. The van der Waals surface area contributed by atoms with Crippen molar-refractivity contribution in [2.24, 2.45) is 0 Å². The fourth-order valence-electron chi connectivity index (χ4n) is 3.52. The number of benzene rings is 1. The molecule has 0 aliphatic carbocycles. The molecule has 0 unspecified atom stereocenters. The van der Waals surface area contributed by atoms with Crippen molar-refractivity contribution in [2.45, 2.75) is 12.3 Å². The van der Waals surface area contributed by atoms with E-state index >= 15 is 0 Å². The van der Waals surface area contributed by atoms with Crippen molar-refractivity contribution in [1.29, 1.82) is 0 Å². The number of hydrogen-bond acceptors (Lipinski definition) is 6. The highest BCUT2D eigenvalue weighted by molar-refractivity contribution is 6.06. The molecular weight excluding hydrogens is 330 g/mol. The molecule has 7 nitrogen and oxygen atoms in total. The highest BCUT2D eigenvalue weighted by Crippen LogP contribution is 2.29. The quantitative estimate of drug-likeness (QED) is 0.769. The van der Waals surface area contributed by atoms with Gasteiger partial charge in [-0.1, -0.05) is 30.3 Å². The monoisotopic (exact) mass is 351 g/mol. The number of aromatic nitrogens is 2. The third kappa shape index (κ3) is 3.30. The minimum absolute atomic E-state index is 0.0855. The number of carbonyl (C=O) groups is 2. The molecule has 0 spiro atoms. The molecule has 2 aromatic rings. The number of piperazine rings is 1. The van der Waals surface area contributed by atoms with Gasteiger partial charge in [0.2, 0.25) is 17.8 Å². The zero-order chi connectivity index (χ0) is 17.9. The van der Waals surface area contributed by atoms with Crippen LogP contribution in [0.4, 0.5) is 5.95 Å². The van der Waals surface area contributed by atoms with E-state index in [-0.39, 0.29) is 24.2 Å². The van der Waals surface area contributed by atoms with Crippen LogP contribution >= 0.6 is 0 Å². The van der Waals surface area contributed by atoms with Crippen LogP contribution in [-0.4, -0.2) is 64.4 Å². The van der Waals surface area contributed by atoms with Crippen molar-refractivity contribution in [2.75, 3.05) is 37.7 Å². The van der Waals surface area contributed by atoms with Gasteiger partial charge in [0.1, 0.15) is 0 Å². The second-order valence-electron chi connectivity index (χ2n) is 6.62. The van der Waals surface area contributed by atoms with Crippen LogP contribution in [0.25, 0.3) is 0 Å². The van der Waals surface area contributed by atoms with Crippen molar-refractivity contribution >= 4 is 17.8 Å². The number of likely N-dealkylation sites (tertiary alicyclic amines) is 1. The molecule has 1 aromatic heterocycles. The van der Waals surface area contributed by atoms with Crippen LogP contribution in [0.1, 0.15) is 17.9 Å². The molecule has 0 N–H and O–H groups in total. The molecule has 26 heavy (non-hydrogen) atoms. The topological polar surface area (TPSA) is 69.6 Å². The Hall–Kier alpha value is -2.80. The minimum atomic E-state index is -0.345. The van der Waals surface area contributed by atoms with Gasteiger partial charge in [-0.25, -0.2) is 9.97 Å². The van der Waals surface area contributed by atoms with Crippen LogP contribution < -0.4 is 4.90 Å². The van der Waals surface area contributed by atoms with E-state index in [0.29, 0.717) is 6.67 Å². The summed E-state index contributed by atoms with van der Waals surface area (Å²) in [5.74, 6) is 0.208. The molecule has 1 atom stereocenters. The first kappa shape index (κ1) is 16.7. The van der Waals surface area contributed by atoms with Gasteiger partial charge in [0, 0.05) is 45.0 Å². The lowest BCUT2D eigenvalue weighted by molar-refractivity contribution is -0.141. The Balaban J connectivity index is 1.36. The van der Waals surface area contributed by atoms with Crippen molar-refractivity contribution < 1.29 is 9.59 Å². The third-order valence-electron chi connectivity index (χ3n) is 4.99. The van der Waals surface area contributed by atoms with Gasteiger partial charge in [0.05, 0.1) is 12.6 Å². The summed E-state index contributed by atoms with van der Waals surface area (Å²) in [6.07, 6.45) is 3.74. The zero-order valence-corrected chi connectivity index (χ0v) is 14.5. The van der Waals surface area contributed by atoms with E-state index in [1.54, 1.807) is 18.5 Å². The summed E-state index contributed by atoms with van der Waals surface area (Å²) in [5.41, 5.74) is 0.916. The van der Waals surface area contributed by atoms with E-state index in [2.05, 4.69) is 19.8 Å². The molecule has 2 saturated heterocycles. The normalized spacial score (nSPS) is 21.5. The Kier molecular flexibility index (Phi) is 4.62. The second kappa shape index (κ2) is 7.21. The second-order valence-corrected chi connectivity index (χ2v) is 6.62. The molecule has 4 rings (SSSR count). The summed E-state index contributed by atoms with van der Waals surface area (Å²) in [6.45, 7) is 3.46. The largest absolute Gasteiger partial charge is 0.338 e. The highest BCUT2D eigenvalue weighted by atomic mass is 16.2. The van der Waals surface area contributed by atoms with E-state index in [1.807, 2.05) is 30.3 Å². The van der Waals surface area contributed by atoms with Gasteiger partial charge in [0.25, 0.3) is 0 Å². The number of imide groups is 1. The fraction of sp³-hybridized carbons (Fsp3) is 0.368. The first-order chi connectivity index (χ1) is 12.7. The van der Waals surface area contributed by atoms with E-state index in [4.69, 9.17) is 0 Å². The summed E-state index contributed by atoms with van der Waals surface area (Å²) in [6, 6.07) is 11.4. The van der Waals surface area contributed by atoms with Gasteiger partial charge < -0.3 is 4.90 Å². The SMILES string of the molecule is O=C1C[C@@H](c2ccccc2)C(=O)N1CN1CCN(c2ncccn2)CC1. The van der Waals surface area contributed by atoms with Crippen molar-refractivity contribution in [3.8, 4) is 0 Å². The predicted molar refractivity (Wildman–Crippen MR) is 96.3 cm³/mol. The Morgan fingerprint density at radius 1 is 0.923 bits per heavy atom. The van der Waals surface area contributed by atoms with Gasteiger partial charge in [-0.3, -0.25) is 19.4 Å². The first-order valence-corrected chi connectivity index (χ1v) is 8.86. The molecule has 7 heteroatoms. The molecule has 3 heterocycles. The van der Waals surface area contributed by atoms with Gasteiger partial charge in [-0.2, -0.15) is 0 Å². The lowest BCUT2D eigenvalue weighted by atomic mass is 9.98. The van der Waals surface area contributed by atoms with E-state index in [1.165, 1.54) is 4.90 Å². The fourth-order valence-corrected chi connectivity index (χ4v) is 3.52. The average molecular weight is 351 g/mol. The molecule has 134 valence electrons. The van der Waals surface area contributed by atoms with Gasteiger partial charge in [0.15, 0.2) is 0 Å². The summed E-state index contributed by atoms with van der Waals surface area (Å²) in [5, 5.41) is 0. The Morgan fingerprint density at radius 2 is 1.62 bits per heavy atom. The molecule has 0 radical (unpaired) electrons. The number of anilines is 1. The van der Waals surface area contributed by atoms with Crippen molar-refractivity contribution in [3.63, 3.8) is 0 Å². The molecule has 2 aliphatic heterocycles. The van der Waals surface area contributed by atoms with Crippen LogP contribution in [0.2, 0.25) is 0 Å². The smallest absolute Gasteiger partial charge is 0.238 e. The lowest BCUT2D eigenvalue weighted by Crippen LogP contribution is -2.51. The molecule has 0 bridgehead atoms. The molecular formula is C19H21N5O2. The van der Waals surface area contributed by atoms with Crippen LogP contribution in [0.3, 0.4) is 0 Å². The van der Waals surface area contributed by atoms with Crippen molar-refractivity contribution in [3.05, 3.63) is 54.4 Å². The predicted octanol–water partition coefficient (Wildman–Crippen LogP) is 1.10. The molecule has 0 saturated carbocycles. The molecule has 2 aliphatic rings. The molecule has 2 fully saturated rings. The number of carbonyl (C=O) groups excluding carboxylic acids is 2. The number of rotatable bonds is 4. The number of amides is 2. The van der Waals surface area contributed by atoms with E-state index in [9.17, 15) is 9.59 Å². The van der Waals surface area contributed by atoms with Crippen LogP contribution in [0.15, 0.2) is 48.8 Å². The van der Waals surface area contributed by atoms with Crippen molar-refractivity contribution in [1.82, 2.24) is 19.8 Å². The molecule has 2 amide bonds. The third-order valence-corrected chi connectivity index (χ3v) is 4.99. The maximum absolute atomic E-state index is 12.7. The highest BCUT2D eigenvalue weighted by Gasteiger charge is 2.40. The van der Waals surface area contributed by atoms with Gasteiger partial charge in [-0.05, 0) is 11.6 Å². The number of nitrogens with zero attached hydrogens (tertiary/aromatic N) is 5. The van der Waals surface area contributed by atoms with E-state index < -0.39 is 0 Å².